The molecule has 0 radical (unpaired) electrons. The van der Waals surface area contributed by atoms with Gasteiger partial charge in [-0.05, 0) is 25.2 Å². The molecule has 0 bridgehead atoms. The summed E-state index contributed by atoms with van der Waals surface area (Å²) in [4.78, 5) is 0. The van der Waals surface area contributed by atoms with Gasteiger partial charge in [0.25, 0.3) is 0 Å². The topological polar surface area (TPSA) is 49.7 Å². The van der Waals surface area contributed by atoms with Crippen LogP contribution in [0.15, 0.2) is 12.1 Å². The molecule has 0 aliphatic carbocycles. The summed E-state index contributed by atoms with van der Waals surface area (Å²) in [6.45, 7) is 6.26. The number of ether oxygens (including phenoxy) is 1. The first-order valence-corrected chi connectivity index (χ1v) is 5.77. The van der Waals surface area contributed by atoms with E-state index >= 15 is 0 Å². The van der Waals surface area contributed by atoms with Crippen LogP contribution in [0.3, 0.4) is 0 Å². The molecule has 1 aliphatic rings. The number of hydrogen-bond acceptors (Lipinski definition) is 3. The normalized spacial score (nSPS) is 28.3. The van der Waals surface area contributed by atoms with Crippen molar-refractivity contribution in [3.05, 3.63) is 17.7 Å². The van der Waals surface area contributed by atoms with Crippen molar-refractivity contribution in [1.29, 1.82) is 0 Å². The summed E-state index contributed by atoms with van der Waals surface area (Å²) in [5, 5.41) is 19.3. The van der Waals surface area contributed by atoms with Gasteiger partial charge in [0.05, 0.1) is 6.10 Å². The summed E-state index contributed by atoms with van der Waals surface area (Å²) >= 11 is 0. The minimum absolute atomic E-state index is 0.0489. The number of hydrogen-bond donors (Lipinski definition) is 2. The van der Waals surface area contributed by atoms with Gasteiger partial charge >= 0.3 is 0 Å². The monoisotopic (exact) mass is 222 g/mol. The lowest BCUT2D eigenvalue weighted by atomic mass is 9.79. The number of phenolic OH excluding ortho intramolecular Hbond substituents is 2. The van der Waals surface area contributed by atoms with Crippen LogP contribution in [0.5, 0.6) is 17.2 Å². The minimum atomic E-state index is 0.0489. The Morgan fingerprint density at radius 3 is 2.56 bits per heavy atom. The molecule has 3 atom stereocenters. The summed E-state index contributed by atoms with van der Waals surface area (Å²) in [5.74, 6) is 1.47. The van der Waals surface area contributed by atoms with Crippen LogP contribution in [0.1, 0.15) is 38.7 Å². The predicted octanol–water partition coefficient (Wildman–Crippen LogP) is 3.01. The molecule has 88 valence electrons. The van der Waals surface area contributed by atoms with Crippen LogP contribution >= 0.6 is 0 Å². The fourth-order valence-corrected chi connectivity index (χ4v) is 2.54. The number of phenols is 2. The number of aromatic hydroxyl groups is 2. The van der Waals surface area contributed by atoms with Gasteiger partial charge in [0.1, 0.15) is 17.2 Å². The molecule has 0 aromatic heterocycles. The van der Waals surface area contributed by atoms with Gasteiger partial charge in [0, 0.05) is 17.7 Å². The quantitative estimate of drug-likeness (QED) is 0.768. The van der Waals surface area contributed by atoms with Crippen molar-refractivity contribution in [1.82, 2.24) is 0 Å². The van der Waals surface area contributed by atoms with Crippen LogP contribution in [0.4, 0.5) is 0 Å². The highest BCUT2D eigenvalue weighted by atomic mass is 16.5. The molecule has 1 heterocycles. The summed E-state index contributed by atoms with van der Waals surface area (Å²) in [7, 11) is 0. The van der Waals surface area contributed by atoms with E-state index < -0.39 is 0 Å². The highest BCUT2D eigenvalue weighted by Gasteiger charge is 2.34. The molecular formula is C13H18O3. The van der Waals surface area contributed by atoms with Gasteiger partial charge in [0.2, 0.25) is 0 Å². The van der Waals surface area contributed by atoms with Crippen LogP contribution in [0.2, 0.25) is 0 Å². The highest BCUT2D eigenvalue weighted by molar-refractivity contribution is 5.52. The second-order valence-electron chi connectivity index (χ2n) is 4.57. The van der Waals surface area contributed by atoms with Gasteiger partial charge in [-0.3, -0.25) is 0 Å². The van der Waals surface area contributed by atoms with Gasteiger partial charge in [-0.15, -0.1) is 0 Å². The van der Waals surface area contributed by atoms with Gasteiger partial charge < -0.3 is 14.9 Å². The van der Waals surface area contributed by atoms with E-state index in [4.69, 9.17) is 4.74 Å². The molecule has 0 amide bonds. The Morgan fingerprint density at radius 2 is 1.94 bits per heavy atom. The number of rotatable bonds is 1. The van der Waals surface area contributed by atoms with Gasteiger partial charge in [-0.25, -0.2) is 0 Å². The summed E-state index contributed by atoms with van der Waals surface area (Å²) in [5.41, 5.74) is 0.839. The van der Waals surface area contributed by atoms with Crippen molar-refractivity contribution in [2.24, 2.45) is 5.92 Å². The van der Waals surface area contributed by atoms with E-state index in [2.05, 4.69) is 13.8 Å². The lowest BCUT2D eigenvalue weighted by Crippen LogP contribution is -2.31. The zero-order valence-corrected chi connectivity index (χ0v) is 9.90. The van der Waals surface area contributed by atoms with E-state index in [0.717, 1.165) is 12.0 Å². The molecule has 0 fully saturated rings. The Balaban J connectivity index is 2.55. The summed E-state index contributed by atoms with van der Waals surface area (Å²) < 4.78 is 5.72. The average molecular weight is 222 g/mol. The Hall–Kier alpha value is -1.38. The van der Waals surface area contributed by atoms with E-state index in [1.807, 2.05) is 6.92 Å². The second-order valence-corrected chi connectivity index (χ2v) is 4.57. The largest absolute Gasteiger partial charge is 0.508 e. The first-order chi connectivity index (χ1) is 7.54. The molecule has 0 saturated carbocycles. The maximum absolute atomic E-state index is 9.90. The lowest BCUT2D eigenvalue weighted by molar-refractivity contribution is 0.114. The van der Waals surface area contributed by atoms with E-state index in [-0.39, 0.29) is 17.6 Å². The highest BCUT2D eigenvalue weighted by Crippen LogP contribution is 2.47. The molecule has 3 heteroatoms. The van der Waals surface area contributed by atoms with Gasteiger partial charge in [-0.1, -0.05) is 13.8 Å². The maximum atomic E-state index is 9.90. The van der Waals surface area contributed by atoms with Crippen LogP contribution in [-0.4, -0.2) is 16.3 Å². The predicted molar refractivity (Wildman–Crippen MR) is 62.1 cm³/mol. The fourth-order valence-electron chi connectivity index (χ4n) is 2.54. The molecule has 2 rings (SSSR count). The van der Waals surface area contributed by atoms with Crippen molar-refractivity contribution in [3.63, 3.8) is 0 Å². The molecule has 3 nitrogen and oxygen atoms in total. The molecule has 16 heavy (non-hydrogen) atoms. The van der Waals surface area contributed by atoms with Crippen molar-refractivity contribution >= 4 is 0 Å². The molecular weight excluding hydrogens is 204 g/mol. The van der Waals surface area contributed by atoms with Crippen LogP contribution in [0, 0.1) is 5.92 Å². The molecule has 1 aliphatic heterocycles. The summed E-state index contributed by atoms with van der Waals surface area (Å²) in [6.07, 6.45) is 1.07. The van der Waals surface area contributed by atoms with Crippen LogP contribution in [-0.2, 0) is 0 Å². The average Bonchev–Trinajstić information content (AvgIpc) is 2.20. The third kappa shape index (κ3) is 1.60. The van der Waals surface area contributed by atoms with Crippen molar-refractivity contribution in [3.8, 4) is 17.2 Å². The van der Waals surface area contributed by atoms with Crippen LogP contribution in [0.25, 0.3) is 0 Å². The second kappa shape index (κ2) is 3.89. The third-order valence-corrected chi connectivity index (χ3v) is 3.60. The molecule has 1 aromatic rings. The molecule has 0 saturated heterocycles. The maximum Gasteiger partial charge on any atom is 0.130 e. The Kier molecular flexibility index (Phi) is 2.70. The number of benzene rings is 1. The van der Waals surface area contributed by atoms with Gasteiger partial charge in [-0.2, -0.15) is 0 Å². The standard InChI is InChI=1S/C13H18O3/c1-4-10-7(2)8(3)16-12-6-9(14)5-11(15)13(10)12/h5-8,10,14-15H,4H2,1-3H3. The molecule has 0 spiro atoms. The minimum Gasteiger partial charge on any atom is -0.508 e. The first kappa shape index (κ1) is 11.1. The van der Waals surface area contributed by atoms with Gasteiger partial charge in [0.15, 0.2) is 0 Å². The zero-order chi connectivity index (χ0) is 11.9. The van der Waals surface area contributed by atoms with E-state index in [9.17, 15) is 10.2 Å². The van der Waals surface area contributed by atoms with Crippen molar-refractivity contribution in [2.75, 3.05) is 0 Å². The van der Waals surface area contributed by atoms with Crippen LogP contribution < -0.4 is 4.74 Å². The van der Waals surface area contributed by atoms with E-state index in [1.54, 1.807) is 6.07 Å². The Morgan fingerprint density at radius 1 is 1.25 bits per heavy atom. The number of fused-ring (bicyclic) bond motifs is 1. The van der Waals surface area contributed by atoms with Crippen molar-refractivity contribution in [2.45, 2.75) is 39.2 Å². The fraction of sp³-hybridized carbons (Fsp3) is 0.538. The smallest absolute Gasteiger partial charge is 0.130 e. The molecule has 2 N–H and O–H groups in total. The third-order valence-electron chi connectivity index (χ3n) is 3.60. The van der Waals surface area contributed by atoms with E-state index in [0.29, 0.717) is 17.6 Å². The zero-order valence-electron chi connectivity index (χ0n) is 9.90. The Bertz CT molecular complexity index is 400. The molecule has 1 aromatic carbocycles. The van der Waals surface area contributed by atoms with E-state index in [1.165, 1.54) is 6.07 Å². The Labute approximate surface area is 95.7 Å². The SMILES string of the molecule is CCC1c2c(O)cc(O)cc2OC(C)C1C. The lowest BCUT2D eigenvalue weighted by Gasteiger charge is -2.36. The first-order valence-electron chi connectivity index (χ1n) is 5.77. The van der Waals surface area contributed by atoms with Crippen molar-refractivity contribution < 1.29 is 14.9 Å². The molecule has 3 unspecified atom stereocenters. The summed E-state index contributed by atoms with van der Waals surface area (Å²) in [6, 6.07) is 2.97.